The van der Waals surface area contributed by atoms with Gasteiger partial charge in [0.05, 0.1) is 11.5 Å². The average Bonchev–Trinajstić information content (AvgIpc) is 2.65. The zero-order valence-corrected chi connectivity index (χ0v) is 12.4. The molecule has 1 aromatic heterocycles. The van der Waals surface area contributed by atoms with Gasteiger partial charge in [0.25, 0.3) is 0 Å². The molecule has 0 bridgehead atoms. The molecule has 0 fully saturated rings. The van der Waals surface area contributed by atoms with Crippen LogP contribution in [0, 0.1) is 17.7 Å². The Balaban J connectivity index is 2.00. The summed E-state index contributed by atoms with van der Waals surface area (Å²) in [6.07, 6.45) is 6.89. The van der Waals surface area contributed by atoms with Crippen molar-refractivity contribution in [3.05, 3.63) is 17.2 Å². The molecule has 4 nitrogen and oxygen atoms in total. The number of hydrogen-bond donors (Lipinski definition) is 2. The standard InChI is InChI=1S/C15H26N4/c1-11-18-12-7-4-5-8-13(12)19(11)10-6-9-15(2,3)14(16)17/h4-10H2,1-3H3,(H3,16,17). The second-order valence-electron chi connectivity index (χ2n) is 6.31. The van der Waals surface area contributed by atoms with Crippen molar-refractivity contribution in [3.8, 4) is 0 Å². The van der Waals surface area contributed by atoms with E-state index in [-0.39, 0.29) is 11.3 Å². The Bertz CT molecular complexity index is 471. The highest BCUT2D eigenvalue weighted by molar-refractivity contribution is 5.82. The smallest absolute Gasteiger partial charge is 0.106 e. The summed E-state index contributed by atoms with van der Waals surface area (Å²) in [5, 5.41) is 7.60. The van der Waals surface area contributed by atoms with E-state index in [0.29, 0.717) is 0 Å². The van der Waals surface area contributed by atoms with E-state index in [1.165, 1.54) is 30.7 Å². The summed E-state index contributed by atoms with van der Waals surface area (Å²) in [7, 11) is 0. The van der Waals surface area contributed by atoms with Crippen molar-refractivity contribution in [3.63, 3.8) is 0 Å². The van der Waals surface area contributed by atoms with Gasteiger partial charge in [-0.15, -0.1) is 0 Å². The first-order valence-corrected chi connectivity index (χ1v) is 7.31. The minimum absolute atomic E-state index is 0.186. The van der Waals surface area contributed by atoms with E-state index in [1.54, 1.807) is 0 Å². The molecule has 0 aliphatic heterocycles. The molecule has 3 N–H and O–H groups in total. The lowest BCUT2D eigenvalue weighted by Crippen LogP contribution is -2.31. The number of hydrogen-bond acceptors (Lipinski definition) is 2. The van der Waals surface area contributed by atoms with Crippen LogP contribution in [0.2, 0.25) is 0 Å². The molecule has 1 aliphatic rings. The number of aromatic nitrogens is 2. The summed E-state index contributed by atoms with van der Waals surface area (Å²) in [4.78, 5) is 4.70. The molecule has 0 spiro atoms. The second kappa shape index (κ2) is 5.35. The summed E-state index contributed by atoms with van der Waals surface area (Å²) in [5.74, 6) is 1.43. The van der Waals surface area contributed by atoms with Crippen molar-refractivity contribution < 1.29 is 0 Å². The molecule has 106 valence electrons. The van der Waals surface area contributed by atoms with Gasteiger partial charge in [-0.3, -0.25) is 5.41 Å². The molecule has 0 radical (unpaired) electrons. The number of aryl methyl sites for hydroxylation is 2. The topological polar surface area (TPSA) is 67.7 Å². The van der Waals surface area contributed by atoms with Crippen molar-refractivity contribution in [2.45, 2.75) is 65.8 Å². The van der Waals surface area contributed by atoms with Crippen LogP contribution in [0.15, 0.2) is 0 Å². The number of amidine groups is 1. The number of nitrogens with zero attached hydrogens (tertiary/aromatic N) is 2. The number of rotatable bonds is 5. The van der Waals surface area contributed by atoms with Gasteiger partial charge in [0, 0.05) is 17.7 Å². The van der Waals surface area contributed by atoms with Crippen LogP contribution in [-0.4, -0.2) is 15.4 Å². The zero-order valence-electron chi connectivity index (χ0n) is 12.4. The first-order chi connectivity index (χ1) is 8.92. The number of imidazole rings is 1. The lowest BCUT2D eigenvalue weighted by molar-refractivity contribution is 0.423. The van der Waals surface area contributed by atoms with E-state index >= 15 is 0 Å². The van der Waals surface area contributed by atoms with Gasteiger partial charge < -0.3 is 10.3 Å². The third-order valence-electron chi connectivity index (χ3n) is 4.34. The molecule has 0 saturated carbocycles. The monoisotopic (exact) mass is 262 g/mol. The van der Waals surface area contributed by atoms with Gasteiger partial charge in [-0.1, -0.05) is 13.8 Å². The molecule has 1 aliphatic carbocycles. The molecule has 1 heterocycles. The highest BCUT2D eigenvalue weighted by Gasteiger charge is 2.22. The lowest BCUT2D eigenvalue weighted by Gasteiger charge is -2.23. The first-order valence-electron chi connectivity index (χ1n) is 7.31. The molecule has 4 heteroatoms. The number of nitrogens with one attached hydrogen (secondary N) is 1. The maximum atomic E-state index is 7.60. The minimum Gasteiger partial charge on any atom is -0.387 e. The molecule has 0 atom stereocenters. The number of fused-ring (bicyclic) bond motifs is 1. The Kier molecular flexibility index (Phi) is 3.97. The SMILES string of the molecule is Cc1nc2c(n1CCCC(C)(C)C(=N)N)CCCC2. The summed E-state index contributed by atoms with van der Waals surface area (Å²) >= 11 is 0. The molecule has 1 aromatic rings. The zero-order chi connectivity index (χ0) is 14.0. The van der Waals surface area contributed by atoms with Gasteiger partial charge in [0.15, 0.2) is 0 Å². The molecule has 0 saturated heterocycles. The maximum Gasteiger partial charge on any atom is 0.106 e. The van der Waals surface area contributed by atoms with Gasteiger partial charge in [0.1, 0.15) is 5.82 Å². The largest absolute Gasteiger partial charge is 0.387 e. The Labute approximate surface area is 115 Å². The van der Waals surface area contributed by atoms with Crippen LogP contribution in [-0.2, 0) is 19.4 Å². The lowest BCUT2D eigenvalue weighted by atomic mass is 9.86. The molecular weight excluding hydrogens is 236 g/mol. The van der Waals surface area contributed by atoms with E-state index < -0.39 is 0 Å². The Morgan fingerprint density at radius 3 is 2.74 bits per heavy atom. The van der Waals surface area contributed by atoms with Crippen LogP contribution in [0.3, 0.4) is 0 Å². The van der Waals surface area contributed by atoms with E-state index in [9.17, 15) is 0 Å². The normalized spacial score (nSPS) is 15.3. The highest BCUT2D eigenvalue weighted by atomic mass is 15.1. The van der Waals surface area contributed by atoms with E-state index in [4.69, 9.17) is 16.1 Å². The predicted octanol–water partition coefficient (Wildman–Crippen LogP) is 2.81. The molecular formula is C15H26N4. The summed E-state index contributed by atoms with van der Waals surface area (Å²) in [6.45, 7) is 7.20. The van der Waals surface area contributed by atoms with E-state index in [0.717, 1.165) is 31.6 Å². The molecule has 0 amide bonds. The number of nitrogens with two attached hydrogens (primary N) is 1. The fourth-order valence-corrected chi connectivity index (χ4v) is 2.85. The van der Waals surface area contributed by atoms with Crippen molar-refractivity contribution >= 4 is 5.84 Å². The van der Waals surface area contributed by atoms with Crippen LogP contribution in [0.5, 0.6) is 0 Å². The van der Waals surface area contributed by atoms with Crippen LogP contribution in [0.25, 0.3) is 0 Å². The van der Waals surface area contributed by atoms with Crippen LogP contribution in [0.1, 0.15) is 56.7 Å². The van der Waals surface area contributed by atoms with Gasteiger partial charge >= 0.3 is 0 Å². The van der Waals surface area contributed by atoms with E-state index in [2.05, 4.69) is 11.5 Å². The minimum atomic E-state index is -0.186. The fourth-order valence-electron chi connectivity index (χ4n) is 2.85. The molecule has 19 heavy (non-hydrogen) atoms. The van der Waals surface area contributed by atoms with Crippen LogP contribution < -0.4 is 5.73 Å². The Morgan fingerprint density at radius 2 is 2.05 bits per heavy atom. The van der Waals surface area contributed by atoms with Crippen molar-refractivity contribution in [2.24, 2.45) is 11.1 Å². The maximum absolute atomic E-state index is 7.60. The molecule has 0 aromatic carbocycles. The molecule has 0 unspecified atom stereocenters. The molecule has 2 rings (SSSR count). The third kappa shape index (κ3) is 2.99. The van der Waals surface area contributed by atoms with Crippen LogP contribution >= 0.6 is 0 Å². The summed E-state index contributed by atoms with van der Waals surface area (Å²) < 4.78 is 2.38. The Hall–Kier alpha value is -1.32. The van der Waals surface area contributed by atoms with Gasteiger partial charge in [0.2, 0.25) is 0 Å². The second-order valence-corrected chi connectivity index (χ2v) is 6.31. The van der Waals surface area contributed by atoms with Crippen molar-refractivity contribution in [1.82, 2.24) is 9.55 Å². The first kappa shape index (κ1) is 14.1. The van der Waals surface area contributed by atoms with Gasteiger partial charge in [-0.05, 0) is 45.4 Å². The highest BCUT2D eigenvalue weighted by Crippen LogP contribution is 2.25. The predicted molar refractivity (Wildman–Crippen MR) is 78.5 cm³/mol. The summed E-state index contributed by atoms with van der Waals surface area (Å²) in [6, 6.07) is 0. The van der Waals surface area contributed by atoms with E-state index in [1.807, 2.05) is 13.8 Å². The fraction of sp³-hybridized carbons (Fsp3) is 0.733. The van der Waals surface area contributed by atoms with Gasteiger partial charge in [-0.2, -0.15) is 0 Å². The van der Waals surface area contributed by atoms with Crippen molar-refractivity contribution in [1.29, 1.82) is 5.41 Å². The summed E-state index contributed by atoms with van der Waals surface area (Å²) in [5.41, 5.74) is 8.21. The van der Waals surface area contributed by atoms with Crippen molar-refractivity contribution in [2.75, 3.05) is 0 Å². The third-order valence-corrected chi connectivity index (χ3v) is 4.34. The van der Waals surface area contributed by atoms with Gasteiger partial charge in [-0.25, -0.2) is 4.98 Å². The quantitative estimate of drug-likeness (QED) is 0.633. The van der Waals surface area contributed by atoms with Crippen LogP contribution in [0.4, 0.5) is 0 Å². The average molecular weight is 262 g/mol. The Morgan fingerprint density at radius 1 is 1.37 bits per heavy atom.